The molecular formula is C23H46O6SSi2. The van der Waals surface area contributed by atoms with Crippen LogP contribution in [0.3, 0.4) is 0 Å². The van der Waals surface area contributed by atoms with Gasteiger partial charge in [-0.1, -0.05) is 65.8 Å². The summed E-state index contributed by atoms with van der Waals surface area (Å²) in [5.74, 6) is 0. The normalized spacial score (nSPS) is 26.9. The standard InChI is InChI=1S/C12H24O4SSi.C11H22O2Si/c1-12(2,3)18(5,6)16-11-8-7-10(9-11)15-17(4,13)14;1-11(2,3)14(4,5)13-10-7-6-9(12)8-10/h7-8,10-11H,9H2,1-6H3;6-7,9-10,12H,8H2,1-5H3/t10-,11+;9-,10+/m00/s1. The van der Waals surface area contributed by atoms with Gasteiger partial charge in [0.15, 0.2) is 16.6 Å². The first-order valence-corrected chi connectivity index (χ1v) is 19.0. The minimum Gasteiger partial charge on any atom is -0.410 e. The van der Waals surface area contributed by atoms with Gasteiger partial charge in [-0.2, -0.15) is 8.42 Å². The Morgan fingerprint density at radius 3 is 1.47 bits per heavy atom. The largest absolute Gasteiger partial charge is 0.410 e. The minimum atomic E-state index is -3.40. The van der Waals surface area contributed by atoms with Crippen molar-refractivity contribution in [2.24, 2.45) is 0 Å². The average Bonchev–Trinajstić information content (AvgIpc) is 3.12. The summed E-state index contributed by atoms with van der Waals surface area (Å²) in [5, 5.41) is 9.74. The van der Waals surface area contributed by atoms with E-state index >= 15 is 0 Å². The monoisotopic (exact) mass is 506 g/mol. The third kappa shape index (κ3) is 9.52. The molecule has 2 aliphatic rings. The maximum absolute atomic E-state index is 11.1. The first kappa shape index (κ1) is 29.7. The zero-order valence-corrected chi connectivity index (χ0v) is 24.7. The fraction of sp³-hybridized carbons (Fsp3) is 0.826. The van der Waals surface area contributed by atoms with Crippen LogP contribution < -0.4 is 0 Å². The van der Waals surface area contributed by atoms with E-state index in [2.05, 4.69) is 67.7 Å². The summed E-state index contributed by atoms with van der Waals surface area (Å²) in [7, 11) is -6.87. The molecule has 0 amide bonds. The number of rotatable bonds is 6. The van der Waals surface area contributed by atoms with Crippen LogP contribution in [0.5, 0.6) is 0 Å². The van der Waals surface area contributed by atoms with Crippen LogP contribution in [0.4, 0.5) is 0 Å². The quantitative estimate of drug-likeness (QED) is 0.296. The van der Waals surface area contributed by atoms with E-state index in [4.69, 9.17) is 13.0 Å². The molecule has 0 aromatic rings. The lowest BCUT2D eigenvalue weighted by Gasteiger charge is -2.38. The molecule has 9 heteroatoms. The van der Waals surface area contributed by atoms with Crippen molar-refractivity contribution in [1.82, 2.24) is 0 Å². The van der Waals surface area contributed by atoms with Crippen LogP contribution in [-0.2, 0) is 23.2 Å². The first-order chi connectivity index (χ1) is 14.1. The number of hydrogen-bond acceptors (Lipinski definition) is 6. The molecule has 188 valence electrons. The Labute approximate surface area is 198 Å². The van der Waals surface area contributed by atoms with Gasteiger partial charge < -0.3 is 14.0 Å². The number of aliphatic hydroxyl groups excluding tert-OH is 1. The van der Waals surface area contributed by atoms with E-state index in [1.165, 1.54) is 0 Å². The number of aliphatic hydroxyl groups is 1. The van der Waals surface area contributed by atoms with Crippen LogP contribution in [0.15, 0.2) is 24.3 Å². The van der Waals surface area contributed by atoms with E-state index in [0.717, 1.165) is 12.7 Å². The lowest BCUT2D eigenvalue weighted by molar-refractivity contribution is 0.155. The summed E-state index contributed by atoms with van der Waals surface area (Å²) in [6.07, 6.45) is 9.32. The molecule has 4 atom stereocenters. The lowest BCUT2D eigenvalue weighted by atomic mass is 10.2. The molecule has 2 aliphatic carbocycles. The number of hydrogen-bond donors (Lipinski definition) is 1. The van der Waals surface area contributed by atoms with Gasteiger partial charge in [-0.15, -0.1) is 0 Å². The fourth-order valence-corrected chi connectivity index (χ4v) is 6.02. The summed E-state index contributed by atoms with van der Waals surface area (Å²) < 4.78 is 39.4. The van der Waals surface area contributed by atoms with E-state index < -0.39 is 26.8 Å². The maximum Gasteiger partial charge on any atom is 0.264 e. The zero-order chi connectivity index (χ0) is 25.2. The maximum atomic E-state index is 11.1. The third-order valence-corrected chi connectivity index (χ3v) is 16.4. The second-order valence-corrected chi connectivity index (χ2v) is 23.1. The molecule has 1 N–H and O–H groups in total. The van der Waals surface area contributed by atoms with Crippen molar-refractivity contribution in [1.29, 1.82) is 0 Å². The second kappa shape index (κ2) is 10.5. The van der Waals surface area contributed by atoms with Gasteiger partial charge in [0.1, 0.15) is 0 Å². The van der Waals surface area contributed by atoms with Gasteiger partial charge in [0.05, 0.1) is 30.7 Å². The van der Waals surface area contributed by atoms with Crippen molar-refractivity contribution in [2.75, 3.05) is 6.26 Å². The molecule has 0 bridgehead atoms. The van der Waals surface area contributed by atoms with Crippen molar-refractivity contribution in [3.63, 3.8) is 0 Å². The molecule has 0 saturated carbocycles. The Balaban J connectivity index is 0.000000330. The Morgan fingerprint density at radius 2 is 1.12 bits per heavy atom. The minimum absolute atomic E-state index is 0.0300. The molecule has 6 nitrogen and oxygen atoms in total. The smallest absolute Gasteiger partial charge is 0.264 e. The summed E-state index contributed by atoms with van der Waals surface area (Å²) in [6, 6.07) is 0. The molecule has 2 rings (SSSR count). The highest BCUT2D eigenvalue weighted by molar-refractivity contribution is 7.86. The molecule has 0 heterocycles. The highest BCUT2D eigenvalue weighted by atomic mass is 32.2. The molecule has 0 fully saturated rings. The van der Waals surface area contributed by atoms with Crippen LogP contribution in [0.2, 0.25) is 36.3 Å². The van der Waals surface area contributed by atoms with Crippen molar-refractivity contribution >= 4 is 26.8 Å². The topological polar surface area (TPSA) is 82.1 Å². The lowest BCUT2D eigenvalue weighted by Crippen LogP contribution is -2.43. The second-order valence-electron chi connectivity index (χ2n) is 12.0. The molecule has 32 heavy (non-hydrogen) atoms. The molecule has 0 aliphatic heterocycles. The molecular weight excluding hydrogens is 460 g/mol. The van der Waals surface area contributed by atoms with Gasteiger partial charge in [0, 0.05) is 12.8 Å². The average molecular weight is 507 g/mol. The molecule has 0 aromatic carbocycles. The van der Waals surface area contributed by atoms with Gasteiger partial charge in [0.25, 0.3) is 10.1 Å². The van der Waals surface area contributed by atoms with Gasteiger partial charge in [-0.25, -0.2) is 0 Å². The summed E-state index contributed by atoms with van der Waals surface area (Å²) in [6.45, 7) is 22.1. The fourth-order valence-electron chi connectivity index (χ4n) is 2.86. The van der Waals surface area contributed by atoms with Gasteiger partial charge in [-0.3, -0.25) is 4.18 Å². The molecule has 0 aromatic heterocycles. The summed E-state index contributed by atoms with van der Waals surface area (Å²) in [5.41, 5.74) is 0. The van der Waals surface area contributed by atoms with Crippen molar-refractivity contribution in [2.45, 2.75) is 115 Å². The summed E-state index contributed by atoms with van der Waals surface area (Å²) in [4.78, 5) is 0. The van der Waals surface area contributed by atoms with E-state index in [-0.39, 0.29) is 34.5 Å². The predicted octanol–water partition coefficient (Wildman–Crippen LogP) is 5.38. The van der Waals surface area contributed by atoms with Gasteiger partial charge >= 0.3 is 0 Å². The van der Waals surface area contributed by atoms with Crippen molar-refractivity contribution in [3.05, 3.63) is 24.3 Å². The van der Waals surface area contributed by atoms with Crippen LogP contribution in [0.25, 0.3) is 0 Å². The van der Waals surface area contributed by atoms with E-state index in [1.807, 2.05) is 18.2 Å². The predicted molar refractivity (Wildman–Crippen MR) is 137 cm³/mol. The van der Waals surface area contributed by atoms with Crippen LogP contribution >= 0.6 is 0 Å². The third-order valence-electron chi connectivity index (χ3n) is 6.83. The molecule has 0 unspecified atom stereocenters. The highest BCUT2D eigenvalue weighted by Crippen LogP contribution is 2.39. The Morgan fingerprint density at radius 1 is 0.750 bits per heavy atom. The Hall–Kier alpha value is -0.296. The van der Waals surface area contributed by atoms with Crippen LogP contribution in [0.1, 0.15) is 54.4 Å². The zero-order valence-electron chi connectivity index (χ0n) is 21.9. The SMILES string of the molecule is CC(C)(C)[Si](C)(C)O[C@@H]1C=C[C@H](O)C1.CC(C)(C)[Si](C)(C)O[C@@H]1C=C[C@H](OS(C)(=O)=O)C1. The van der Waals surface area contributed by atoms with E-state index in [9.17, 15) is 13.5 Å². The van der Waals surface area contributed by atoms with E-state index in [1.54, 1.807) is 6.08 Å². The van der Waals surface area contributed by atoms with E-state index in [0.29, 0.717) is 6.42 Å². The Kier molecular flexibility index (Phi) is 9.79. The highest BCUT2D eigenvalue weighted by Gasteiger charge is 2.40. The van der Waals surface area contributed by atoms with Crippen LogP contribution in [-0.4, -0.2) is 60.8 Å². The first-order valence-electron chi connectivity index (χ1n) is 11.4. The van der Waals surface area contributed by atoms with Gasteiger partial charge in [-0.05, 0) is 36.3 Å². The van der Waals surface area contributed by atoms with Crippen molar-refractivity contribution in [3.8, 4) is 0 Å². The summed E-state index contributed by atoms with van der Waals surface area (Å²) >= 11 is 0. The molecule has 0 radical (unpaired) electrons. The van der Waals surface area contributed by atoms with Crippen LogP contribution in [0, 0.1) is 0 Å². The molecule has 0 spiro atoms. The Bertz CT molecular complexity index is 775. The van der Waals surface area contributed by atoms with Gasteiger partial charge in [0.2, 0.25) is 0 Å². The molecule has 0 saturated heterocycles. The van der Waals surface area contributed by atoms with Crippen molar-refractivity contribution < 1.29 is 26.6 Å².